The van der Waals surface area contributed by atoms with Crippen molar-refractivity contribution in [3.05, 3.63) is 23.2 Å². The van der Waals surface area contributed by atoms with Crippen LogP contribution in [0.15, 0.2) is 18.2 Å². The number of benzene rings is 1. The van der Waals surface area contributed by atoms with Gasteiger partial charge in [0, 0.05) is 18.7 Å². The molecule has 0 aliphatic carbocycles. The second kappa shape index (κ2) is 3.56. The number of ether oxygens (including phenoxy) is 2. The molecule has 0 radical (unpaired) electrons. The highest BCUT2D eigenvalue weighted by Gasteiger charge is 2.21. The van der Waals surface area contributed by atoms with Gasteiger partial charge < -0.3 is 15.2 Å². The number of hydrogen-bond donors (Lipinski definition) is 1. The number of nitrogens with two attached hydrogens (primary N) is 1. The highest BCUT2D eigenvalue weighted by atomic mass is 35.5. The lowest BCUT2D eigenvalue weighted by atomic mass is 10.1. The van der Waals surface area contributed by atoms with Crippen LogP contribution in [0.4, 0.5) is 5.82 Å². The van der Waals surface area contributed by atoms with E-state index in [-0.39, 0.29) is 6.79 Å². The highest BCUT2D eigenvalue weighted by molar-refractivity contribution is 6.35. The van der Waals surface area contributed by atoms with Crippen LogP contribution >= 0.6 is 11.6 Å². The van der Waals surface area contributed by atoms with Crippen molar-refractivity contribution in [2.75, 3.05) is 12.5 Å². The lowest BCUT2D eigenvalue weighted by molar-refractivity contribution is 0.174. The van der Waals surface area contributed by atoms with E-state index in [1.54, 1.807) is 17.8 Å². The van der Waals surface area contributed by atoms with Crippen molar-refractivity contribution in [2.45, 2.75) is 0 Å². The normalized spacial score (nSPS) is 13.1. The van der Waals surface area contributed by atoms with Gasteiger partial charge in [-0.2, -0.15) is 5.10 Å². The van der Waals surface area contributed by atoms with E-state index in [2.05, 4.69) is 5.10 Å². The van der Waals surface area contributed by atoms with Crippen LogP contribution in [0.1, 0.15) is 0 Å². The van der Waals surface area contributed by atoms with E-state index in [4.69, 9.17) is 26.8 Å². The fourth-order valence-electron chi connectivity index (χ4n) is 1.75. The van der Waals surface area contributed by atoms with Gasteiger partial charge in [0.15, 0.2) is 11.5 Å². The maximum absolute atomic E-state index is 6.26. The van der Waals surface area contributed by atoms with Crippen LogP contribution in [0, 0.1) is 0 Å². The van der Waals surface area contributed by atoms with Crippen molar-refractivity contribution in [3.63, 3.8) is 0 Å². The van der Waals surface area contributed by atoms with Crippen molar-refractivity contribution in [3.8, 4) is 22.8 Å². The van der Waals surface area contributed by atoms with Crippen molar-refractivity contribution < 1.29 is 9.47 Å². The molecule has 2 aromatic rings. The fourth-order valence-corrected chi connectivity index (χ4v) is 2.06. The average molecular weight is 252 g/mol. The summed E-state index contributed by atoms with van der Waals surface area (Å²) in [5.74, 6) is 1.80. The summed E-state index contributed by atoms with van der Waals surface area (Å²) in [5.41, 5.74) is 7.24. The first-order chi connectivity index (χ1) is 8.16. The number of rotatable bonds is 1. The Morgan fingerprint density at radius 3 is 2.94 bits per heavy atom. The molecule has 1 aromatic carbocycles. The Balaban J connectivity index is 2.15. The zero-order valence-electron chi connectivity index (χ0n) is 9.11. The largest absolute Gasteiger partial charge is 0.454 e. The van der Waals surface area contributed by atoms with E-state index in [1.165, 1.54) is 0 Å². The first-order valence-corrected chi connectivity index (χ1v) is 5.42. The Bertz CT molecular complexity index is 575. The molecule has 0 fully saturated rings. The molecule has 0 spiro atoms. The maximum Gasteiger partial charge on any atom is 0.231 e. The molecule has 88 valence electrons. The van der Waals surface area contributed by atoms with E-state index < -0.39 is 0 Å². The molecule has 2 N–H and O–H groups in total. The third-order valence-corrected chi connectivity index (χ3v) is 3.05. The van der Waals surface area contributed by atoms with Crippen LogP contribution in [0.2, 0.25) is 5.02 Å². The zero-order valence-corrected chi connectivity index (χ0v) is 9.86. The Morgan fingerprint density at radius 2 is 2.24 bits per heavy atom. The minimum atomic E-state index is 0.197. The zero-order chi connectivity index (χ0) is 12.0. The van der Waals surface area contributed by atoms with Crippen LogP contribution in [0.3, 0.4) is 0 Å². The molecule has 0 atom stereocenters. The SMILES string of the molecule is Cn1nc(-c2ccc3c(c2Cl)OCO3)cc1N. The summed E-state index contributed by atoms with van der Waals surface area (Å²) in [7, 11) is 1.78. The molecule has 0 amide bonds. The van der Waals surface area contributed by atoms with E-state index in [9.17, 15) is 0 Å². The van der Waals surface area contributed by atoms with Crippen molar-refractivity contribution >= 4 is 17.4 Å². The van der Waals surface area contributed by atoms with E-state index in [1.807, 2.05) is 12.1 Å². The summed E-state index contributed by atoms with van der Waals surface area (Å²) in [4.78, 5) is 0. The lowest BCUT2D eigenvalue weighted by Crippen LogP contribution is -1.96. The predicted octanol–water partition coefficient (Wildman–Crippen LogP) is 2.05. The number of fused-ring (bicyclic) bond motifs is 1. The van der Waals surface area contributed by atoms with Gasteiger partial charge in [-0.3, -0.25) is 4.68 Å². The number of anilines is 1. The molecule has 2 heterocycles. The van der Waals surface area contributed by atoms with Gasteiger partial charge in [0.25, 0.3) is 0 Å². The third kappa shape index (κ3) is 1.51. The van der Waals surface area contributed by atoms with Gasteiger partial charge in [0.1, 0.15) is 5.82 Å². The molecule has 0 unspecified atom stereocenters. The van der Waals surface area contributed by atoms with E-state index in [0.29, 0.717) is 28.0 Å². The number of nitrogen functional groups attached to an aromatic ring is 1. The highest BCUT2D eigenvalue weighted by Crippen LogP contribution is 2.44. The number of aromatic nitrogens is 2. The minimum absolute atomic E-state index is 0.197. The quantitative estimate of drug-likeness (QED) is 0.843. The summed E-state index contributed by atoms with van der Waals surface area (Å²) >= 11 is 6.26. The van der Waals surface area contributed by atoms with Gasteiger partial charge in [0.05, 0.1) is 10.7 Å². The van der Waals surface area contributed by atoms with Gasteiger partial charge in [-0.15, -0.1) is 0 Å². The molecule has 17 heavy (non-hydrogen) atoms. The molecule has 0 saturated heterocycles. The van der Waals surface area contributed by atoms with Crippen LogP contribution < -0.4 is 15.2 Å². The lowest BCUT2D eigenvalue weighted by Gasteiger charge is -2.03. The van der Waals surface area contributed by atoms with Gasteiger partial charge in [-0.1, -0.05) is 11.6 Å². The molecule has 1 aliphatic rings. The molecule has 1 aromatic heterocycles. The summed E-state index contributed by atoms with van der Waals surface area (Å²) < 4.78 is 12.1. The molecule has 5 nitrogen and oxygen atoms in total. The molecule has 1 aliphatic heterocycles. The third-order valence-electron chi connectivity index (χ3n) is 2.67. The number of aryl methyl sites for hydroxylation is 1. The van der Waals surface area contributed by atoms with Gasteiger partial charge in [-0.05, 0) is 12.1 Å². The molecular formula is C11H10ClN3O2. The summed E-state index contributed by atoms with van der Waals surface area (Å²) in [5, 5.41) is 4.78. The predicted molar refractivity (Wildman–Crippen MR) is 64.2 cm³/mol. The van der Waals surface area contributed by atoms with Crippen LogP contribution in [0.25, 0.3) is 11.3 Å². The summed E-state index contributed by atoms with van der Waals surface area (Å²) in [6.07, 6.45) is 0. The Morgan fingerprint density at radius 1 is 1.41 bits per heavy atom. The number of hydrogen-bond acceptors (Lipinski definition) is 4. The molecule has 0 saturated carbocycles. The van der Waals surface area contributed by atoms with Crippen molar-refractivity contribution in [1.82, 2.24) is 9.78 Å². The molecule has 6 heteroatoms. The van der Waals surface area contributed by atoms with Crippen molar-refractivity contribution in [1.29, 1.82) is 0 Å². The second-order valence-corrected chi connectivity index (χ2v) is 4.12. The second-order valence-electron chi connectivity index (χ2n) is 3.74. The van der Waals surface area contributed by atoms with Gasteiger partial charge in [-0.25, -0.2) is 0 Å². The van der Waals surface area contributed by atoms with Crippen molar-refractivity contribution in [2.24, 2.45) is 7.05 Å². The standard InChI is InChI=1S/C11H10ClN3O2/c1-15-9(13)4-7(14-15)6-2-3-8-11(10(6)12)17-5-16-8/h2-4H,5,13H2,1H3. The number of nitrogens with zero attached hydrogens (tertiary/aromatic N) is 2. The van der Waals surface area contributed by atoms with E-state index >= 15 is 0 Å². The van der Waals surface area contributed by atoms with Crippen LogP contribution in [0.5, 0.6) is 11.5 Å². The average Bonchev–Trinajstić information content (AvgIpc) is 2.88. The summed E-state index contributed by atoms with van der Waals surface area (Å²) in [6.45, 7) is 0.197. The smallest absolute Gasteiger partial charge is 0.231 e. The minimum Gasteiger partial charge on any atom is -0.454 e. The van der Waals surface area contributed by atoms with Crippen LogP contribution in [-0.4, -0.2) is 16.6 Å². The first-order valence-electron chi connectivity index (χ1n) is 5.05. The monoisotopic (exact) mass is 251 g/mol. The van der Waals surface area contributed by atoms with E-state index in [0.717, 1.165) is 5.56 Å². The number of halogens is 1. The fraction of sp³-hybridized carbons (Fsp3) is 0.182. The maximum atomic E-state index is 6.26. The molecular weight excluding hydrogens is 242 g/mol. The Kier molecular flexibility index (Phi) is 2.16. The first kappa shape index (κ1) is 10.3. The summed E-state index contributed by atoms with van der Waals surface area (Å²) in [6, 6.07) is 5.43. The van der Waals surface area contributed by atoms with Gasteiger partial charge in [0.2, 0.25) is 6.79 Å². The van der Waals surface area contributed by atoms with Gasteiger partial charge >= 0.3 is 0 Å². The molecule has 3 rings (SSSR count). The Labute approximate surface area is 103 Å². The Hall–Kier alpha value is -1.88. The van der Waals surface area contributed by atoms with Crippen LogP contribution in [-0.2, 0) is 7.05 Å². The topological polar surface area (TPSA) is 62.3 Å². The molecule has 0 bridgehead atoms.